The van der Waals surface area contributed by atoms with Crippen molar-refractivity contribution in [1.29, 1.82) is 0 Å². The topological polar surface area (TPSA) is 68.0 Å². The summed E-state index contributed by atoms with van der Waals surface area (Å²) >= 11 is 6.01. The third-order valence-corrected chi connectivity index (χ3v) is 4.92. The zero-order chi connectivity index (χ0) is 20.8. The van der Waals surface area contributed by atoms with Gasteiger partial charge in [0.15, 0.2) is 0 Å². The van der Waals surface area contributed by atoms with Crippen LogP contribution in [0.25, 0.3) is 11.4 Å². The van der Waals surface area contributed by atoms with Gasteiger partial charge in [0.2, 0.25) is 17.6 Å². The molecule has 0 saturated carbocycles. The lowest BCUT2D eigenvalue weighted by Gasteiger charge is -2.19. The van der Waals surface area contributed by atoms with E-state index in [0.717, 1.165) is 16.7 Å². The fraction of sp³-hybridized carbons (Fsp3) is 0.125. The number of aromatic nitrogens is 2. The molecule has 0 bridgehead atoms. The van der Waals surface area contributed by atoms with Gasteiger partial charge in [-0.2, -0.15) is 4.98 Å². The second-order valence-corrected chi connectivity index (χ2v) is 7.28. The van der Waals surface area contributed by atoms with Gasteiger partial charge in [-0.05, 0) is 23.3 Å². The summed E-state index contributed by atoms with van der Waals surface area (Å²) in [5, 5.41) is 7.71. The number of carbonyl (C=O) groups excluding carboxylic acids is 1. The molecule has 3 aromatic carbocycles. The van der Waals surface area contributed by atoms with E-state index in [1.807, 2.05) is 72.8 Å². The van der Waals surface area contributed by atoms with E-state index < -0.39 is 0 Å². The Morgan fingerprint density at radius 2 is 1.60 bits per heavy atom. The molecule has 1 aromatic heterocycles. The molecule has 0 saturated heterocycles. The molecule has 1 amide bonds. The van der Waals surface area contributed by atoms with Crippen LogP contribution in [0.4, 0.5) is 0 Å². The summed E-state index contributed by atoms with van der Waals surface area (Å²) in [5.41, 5.74) is 2.83. The standard InChI is InChI=1S/C24H20ClN3O2/c25-20-13-7-12-19(16-20)24-27-22(30-28-24)15-14-21(29)26-23(17-8-3-1-4-9-17)18-10-5-2-6-11-18/h1-13,16,23H,14-15H2,(H,26,29). The number of amides is 1. The van der Waals surface area contributed by atoms with Crippen molar-refractivity contribution in [2.45, 2.75) is 18.9 Å². The third kappa shape index (κ3) is 4.93. The monoisotopic (exact) mass is 417 g/mol. The van der Waals surface area contributed by atoms with E-state index in [-0.39, 0.29) is 18.4 Å². The lowest BCUT2D eigenvalue weighted by Crippen LogP contribution is -2.29. The van der Waals surface area contributed by atoms with E-state index >= 15 is 0 Å². The van der Waals surface area contributed by atoms with Gasteiger partial charge in [0.05, 0.1) is 6.04 Å². The molecule has 0 aliphatic carbocycles. The van der Waals surface area contributed by atoms with Crippen LogP contribution in [0.15, 0.2) is 89.5 Å². The summed E-state index contributed by atoms with van der Waals surface area (Å²) in [7, 11) is 0. The maximum Gasteiger partial charge on any atom is 0.227 e. The molecule has 150 valence electrons. The Balaban J connectivity index is 1.42. The Morgan fingerprint density at radius 3 is 2.23 bits per heavy atom. The van der Waals surface area contributed by atoms with Crippen molar-refractivity contribution in [2.24, 2.45) is 0 Å². The predicted octanol–water partition coefficient (Wildman–Crippen LogP) is 5.23. The molecule has 0 unspecified atom stereocenters. The van der Waals surface area contributed by atoms with Crippen LogP contribution in [0.2, 0.25) is 5.02 Å². The van der Waals surface area contributed by atoms with Crippen molar-refractivity contribution in [3.8, 4) is 11.4 Å². The van der Waals surface area contributed by atoms with Crippen LogP contribution in [-0.4, -0.2) is 16.0 Å². The molecule has 30 heavy (non-hydrogen) atoms. The minimum Gasteiger partial charge on any atom is -0.345 e. The maximum absolute atomic E-state index is 12.7. The van der Waals surface area contributed by atoms with Gasteiger partial charge in [-0.1, -0.05) is 89.6 Å². The molecule has 0 radical (unpaired) electrons. The van der Waals surface area contributed by atoms with Gasteiger partial charge in [0.25, 0.3) is 0 Å². The van der Waals surface area contributed by atoms with E-state index in [0.29, 0.717) is 23.2 Å². The number of rotatable bonds is 7. The van der Waals surface area contributed by atoms with Crippen LogP contribution in [-0.2, 0) is 11.2 Å². The van der Waals surface area contributed by atoms with Crippen molar-refractivity contribution in [3.05, 3.63) is 107 Å². The zero-order valence-electron chi connectivity index (χ0n) is 16.2. The van der Waals surface area contributed by atoms with Crippen LogP contribution < -0.4 is 5.32 Å². The van der Waals surface area contributed by atoms with Gasteiger partial charge in [-0.25, -0.2) is 0 Å². The molecule has 1 N–H and O–H groups in total. The number of hydrogen-bond donors (Lipinski definition) is 1. The zero-order valence-corrected chi connectivity index (χ0v) is 16.9. The molecule has 0 fully saturated rings. The fourth-order valence-corrected chi connectivity index (χ4v) is 3.40. The average molecular weight is 418 g/mol. The number of hydrogen-bond acceptors (Lipinski definition) is 4. The third-order valence-electron chi connectivity index (χ3n) is 4.69. The summed E-state index contributed by atoms with van der Waals surface area (Å²) in [4.78, 5) is 17.0. The van der Waals surface area contributed by atoms with Gasteiger partial charge >= 0.3 is 0 Å². The molecular formula is C24H20ClN3O2. The highest BCUT2D eigenvalue weighted by Crippen LogP contribution is 2.23. The Labute approximate surface area is 179 Å². The molecule has 4 aromatic rings. The van der Waals surface area contributed by atoms with Crippen molar-refractivity contribution in [3.63, 3.8) is 0 Å². The van der Waals surface area contributed by atoms with E-state index in [4.69, 9.17) is 16.1 Å². The van der Waals surface area contributed by atoms with Gasteiger partial charge in [-0.3, -0.25) is 4.79 Å². The number of nitrogens with zero attached hydrogens (tertiary/aromatic N) is 2. The largest absolute Gasteiger partial charge is 0.345 e. The maximum atomic E-state index is 12.7. The van der Waals surface area contributed by atoms with Crippen molar-refractivity contribution >= 4 is 17.5 Å². The van der Waals surface area contributed by atoms with Crippen molar-refractivity contribution < 1.29 is 9.32 Å². The van der Waals surface area contributed by atoms with Crippen LogP contribution >= 0.6 is 11.6 Å². The highest BCUT2D eigenvalue weighted by Gasteiger charge is 2.17. The summed E-state index contributed by atoms with van der Waals surface area (Å²) in [6.45, 7) is 0. The number of carbonyl (C=O) groups is 1. The van der Waals surface area contributed by atoms with E-state index in [9.17, 15) is 4.79 Å². The molecule has 6 heteroatoms. The van der Waals surface area contributed by atoms with E-state index in [2.05, 4.69) is 15.5 Å². The SMILES string of the molecule is O=C(CCc1nc(-c2cccc(Cl)c2)no1)NC(c1ccccc1)c1ccccc1. The minimum absolute atomic E-state index is 0.0878. The van der Waals surface area contributed by atoms with Crippen LogP contribution in [0.3, 0.4) is 0 Å². The molecular weight excluding hydrogens is 398 g/mol. The first-order chi connectivity index (χ1) is 14.7. The Hall–Kier alpha value is -3.44. The molecule has 0 spiro atoms. The fourth-order valence-electron chi connectivity index (χ4n) is 3.20. The normalized spacial score (nSPS) is 10.9. The highest BCUT2D eigenvalue weighted by molar-refractivity contribution is 6.30. The first-order valence-electron chi connectivity index (χ1n) is 9.67. The predicted molar refractivity (Wildman–Crippen MR) is 116 cm³/mol. The molecule has 0 atom stereocenters. The van der Waals surface area contributed by atoms with Gasteiger partial charge in [0, 0.05) is 23.4 Å². The van der Waals surface area contributed by atoms with Crippen molar-refractivity contribution in [1.82, 2.24) is 15.5 Å². The average Bonchev–Trinajstić information content (AvgIpc) is 3.26. The Kier molecular flexibility index (Phi) is 6.20. The van der Waals surface area contributed by atoms with Crippen LogP contribution in [0.1, 0.15) is 29.5 Å². The van der Waals surface area contributed by atoms with Crippen LogP contribution in [0, 0.1) is 0 Å². The quantitative estimate of drug-likeness (QED) is 0.447. The number of aryl methyl sites for hydroxylation is 1. The van der Waals surface area contributed by atoms with Crippen molar-refractivity contribution in [2.75, 3.05) is 0 Å². The summed E-state index contributed by atoms with van der Waals surface area (Å²) in [6.07, 6.45) is 0.600. The summed E-state index contributed by atoms with van der Waals surface area (Å²) < 4.78 is 5.30. The molecule has 4 rings (SSSR count). The lowest BCUT2D eigenvalue weighted by molar-refractivity contribution is -0.121. The second kappa shape index (κ2) is 9.37. The van der Waals surface area contributed by atoms with Gasteiger partial charge in [0.1, 0.15) is 0 Å². The summed E-state index contributed by atoms with van der Waals surface area (Å²) in [5.74, 6) is 0.783. The minimum atomic E-state index is -0.218. The van der Waals surface area contributed by atoms with E-state index in [1.54, 1.807) is 12.1 Å². The van der Waals surface area contributed by atoms with Gasteiger partial charge < -0.3 is 9.84 Å². The lowest BCUT2D eigenvalue weighted by atomic mass is 9.98. The first-order valence-corrected chi connectivity index (χ1v) is 10.0. The number of halogens is 1. The Bertz CT molecular complexity index is 1070. The smallest absolute Gasteiger partial charge is 0.227 e. The number of benzene rings is 3. The molecule has 0 aliphatic rings. The molecule has 5 nitrogen and oxygen atoms in total. The van der Waals surface area contributed by atoms with E-state index in [1.165, 1.54) is 0 Å². The summed E-state index contributed by atoms with van der Waals surface area (Å²) in [6, 6.07) is 26.8. The van der Waals surface area contributed by atoms with Gasteiger partial charge in [-0.15, -0.1) is 0 Å². The highest BCUT2D eigenvalue weighted by atomic mass is 35.5. The molecule has 0 aliphatic heterocycles. The second-order valence-electron chi connectivity index (χ2n) is 6.84. The van der Waals surface area contributed by atoms with Crippen LogP contribution in [0.5, 0.6) is 0 Å². The first kappa shape index (κ1) is 19.9. The molecule has 1 heterocycles. The Morgan fingerprint density at radius 1 is 0.933 bits per heavy atom. The number of nitrogens with one attached hydrogen (secondary N) is 1.